The Balaban J connectivity index is 1.94. The largest absolute Gasteiger partial charge is 0.349 e. The molecule has 1 aromatic carbocycles. The van der Waals surface area contributed by atoms with Crippen LogP contribution in [-0.2, 0) is 18.5 Å². The van der Waals surface area contributed by atoms with Crippen molar-refractivity contribution in [1.82, 2.24) is 20.4 Å². The molecule has 0 amide bonds. The van der Waals surface area contributed by atoms with Crippen molar-refractivity contribution in [1.29, 1.82) is 0 Å². The Hall–Kier alpha value is -2.37. The summed E-state index contributed by atoms with van der Waals surface area (Å²) in [5.74, 6) is 2.06. The van der Waals surface area contributed by atoms with Crippen LogP contribution >= 0.6 is 0 Å². The number of hydrogen-bond donors (Lipinski definition) is 1. The average Bonchev–Trinajstić information content (AvgIpc) is 2.99. The van der Waals surface area contributed by atoms with Gasteiger partial charge in [-0.2, -0.15) is 4.98 Å². The zero-order valence-corrected chi connectivity index (χ0v) is 15.4. The molecule has 0 spiro atoms. The number of aromatic nitrogens is 2. The summed E-state index contributed by atoms with van der Waals surface area (Å²) in [5, 5.41) is 7.29. The van der Waals surface area contributed by atoms with Crippen LogP contribution in [0.4, 0.5) is 0 Å². The maximum atomic E-state index is 5.31. The molecule has 2 aromatic rings. The topological polar surface area (TPSA) is 66.5 Å². The number of nitrogens with one attached hydrogen (secondary N) is 1. The highest BCUT2D eigenvalue weighted by molar-refractivity contribution is 5.79. The number of rotatable bonds is 4. The second-order valence-electron chi connectivity index (χ2n) is 7.01. The van der Waals surface area contributed by atoms with Crippen molar-refractivity contribution in [3.63, 3.8) is 0 Å². The van der Waals surface area contributed by atoms with E-state index in [0.29, 0.717) is 18.3 Å². The van der Waals surface area contributed by atoms with Crippen molar-refractivity contribution >= 4 is 5.96 Å². The van der Waals surface area contributed by atoms with E-state index in [0.717, 1.165) is 12.5 Å². The van der Waals surface area contributed by atoms with Gasteiger partial charge in [-0.3, -0.25) is 4.99 Å². The Morgan fingerprint density at radius 1 is 1.25 bits per heavy atom. The van der Waals surface area contributed by atoms with Gasteiger partial charge in [0.15, 0.2) is 11.8 Å². The zero-order valence-electron chi connectivity index (χ0n) is 15.4. The van der Waals surface area contributed by atoms with Crippen LogP contribution < -0.4 is 5.32 Å². The van der Waals surface area contributed by atoms with Gasteiger partial charge in [-0.05, 0) is 12.5 Å². The normalized spacial score (nSPS) is 12.3. The summed E-state index contributed by atoms with van der Waals surface area (Å²) in [7, 11) is 3.77. The molecule has 0 saturated carbocycles. The molecule has 0 aliphatic rings. The summed E-state index contributed by atoms with van der Waals surface area (Å²) in [5.41, 5.74) is 2.35. The first-order valence-electron chi connectivity index (χ1n) is 8.10. The fraction of sp³-hybridized carbons (Fsp3) is 0.500. The third-order valence-electron chi connectivity index (χ3n) is 3.63. The fourth-order valence-corrected chi connectivity index (χ4v) is 2.22. The first-order valence-corrected chi connectivity index (χ1v) is 8.10. The summed E-state index contributed by atoms with van der Waals surface area (Å²) in [6.45, 7) is 9.48. The van der Waals surface area contributed by atoms with Crippen molar-refractivity contribution < 1.29 is 4.52 Å². The van der Waals surface area contributed by atoms with Crippen LogP contribution in [0.15, 0.2) is 33.8 Å². The minimum Gasteiger partial charge on any atom is -0.349 e. The SMILES string of the molecule is CN=C(NCc1noc(C(C)(C)C)n1)N(C)Cc1ccc(C)cc1. The van der Waals surface area contributed by atoms with Crippen LogP contribution in [0.1, 0.15) is 43.6 Å². The first-order chi connectivity index (χ1) is 11.3. The molecule has 0 atom stereocenters. The number of hydrogen-bond acceptors (Lipinski definition) is 4. The predicted molar refractivity (Wildman–Crippen MR) is 95.8 cm³/mol. The van der Waals surface area contributed by atoms with E-state index in [1.807, 2.05) is 27.8 Å². The molecular formula is C18H27N5O. The Kier molecular flexibility index (Phi) is 5.59. The first kappa shape index (κ1) is 18.0. The average molecular weight is 329 g/mol. The number of aryl methyl sites for hydroxylation is 1. The van der Waals surface area contributed by atoms with Crippen LogP contribution in [0.3, 0.4) is 0 Å². The molecule has 6 nitrogen and oxygen atoms in total. The predicted octanol–water partition coefficient (Wildman–Crippen LogP) is 2.88. The third-order valence-corrected chi connectivity index (χ3v) is 3.63. The fourth-order valence-electron chi connectivity index (χ4n) is 2.22. The van der Waals surface area contributed by atoms with E-state index in [1.165, 1.54) is 11.1 Å². The van der Waals surface area contributed by atoms with Crippen molar-refractivity contribution in [3.8, 4) is 0 Å². The Morgan fingerprint density at radius 2 is 1.92 bits per heavy atom. The molecule has 130 valence electrons. The lowest BCUT2D eigenvalue weighted by atomic mass is 9.97. The Labute approximate surface area is 144 Å². The van der Waals surface area contributed by atoms with E-state index in [4.69, 9.17) is 4.52 Å². The Bertz CT molecular complexity index is 682. The Morgan fingerprint density at radius 3 is 2.46 bits per heavy atom. The quantitative estimate of drug-likeness (QED) is 0.690. The summed E-state index contributed by atoms with van der Waals surface area (Å²) >= 11 is 0. The van der Waals surface area contributed by atoms with Crippen molar-refractivity contribution in [2.75, 3.05) is 14.1 Å². The molecule has 1 aromatic heterocycles. The molecule has 24 heavy (non-hydrogen) atoms. The molecule has 0 saturated heterocycles. The van der Waals surface area contributed by atoms with Crippen LogP contribution in [0.5, 0.6) is 0 Å². The van der Waals surface area contributed by atoms with Gasteiger partial charge in [0.25, 0.3) is 0 Å². The molecule has 2 rings (SSSR count). The highest BCUT2D eigenvalue weighted by Crippen LogP contribution is 2.19. The van der Waals surface area contributed by atoms with Crippen LogP contribution in [0, 0.1) is 6.92 Å². The standard InChI is InChI=1S/C18H27N5O/c1-13-7-9-14(10-8-13)12-23(6)17(19-5)20-11-15-21-16(24-22-15)18(2,3)4/h7-10H,11-12H2,1-6H3,(H,19,20). The summed E-state index contributed by atoms with van der Waals surface area (Å²) < 4.78 is 5.31. The van der Waals surface area contributed by atoms with Crippen molar-refractivity contribution in [2.45, 2.75) is 46.2 Å². The van der Waals surface area contributed by atoms with Gasteiger partial charge < -0.3 is 14.7 Å². The van der Waals surface area contributed by atoms with Gasteiger partial charge in [0.05, 0.1) is 6.54 Å². The zero-order chi connectivity index (χ0) is 17.7. The summed E-state index contributed by atoms with van der Waals surface area (Å²) in [6, 6.07) is 8.50. The summed E-state index contributed by atoms with van der Waals surface area (Å²) in [6.07, 6.45) is 0. The van der Waals surface area contributed by atoms with Crippen molar-refractivity contribution in [3.05, 3.63) is 47.1 Å². The molecule has 0 fully saturated rings. The molecule has 6 heteroatoms. The number of nitrogens with zero attached hydrogens (tertiary/aromatic N) is 4. The van der Waals surface area contributed by atoms with Gasteiger partial charge in [0, 0.05) is 26.1 Å². The van der Waals surface area contributed by atoms with Crippen molar-refractivity contribution in [2.24, 2.45) is 4.99 Å². The molecule has 0 radical (unpaired) electrons. The van der Waals surface area contributed by atoms with Crippen LogP contribution in [0.25, 0.3) is 0 Å². The molecule has 0 aliphatic carbocycles. The second kappa shape index (κ2) is 7.47. The van der Waals surface area contributed by atoms with E-state index in [1.54, 1.807) is 7.05 Å². The van der Waals surface area contributed by atoms with Gasteiger partial charge >= 0.3 is 0 Å². The lowest BCUT2D eigenvalue weighted by molar-refractivity contribution is 0.318. The minimum absolute atomic E-state index is 0.144. The van der Waals surface area contributed by atoms with Gasteiger partial charge in [0.1, 0.15) is 0 Å². The third kappa shape index (κ3) is 4.81. The van der Waals surface area contributed by atoms with Gasteiger partial charge in [-0.25, -0.2) is 0 Å². The molecule has 1 N–H and O–H groups in total. The summed E-state index contributed by atoms with van der Waals surface area (Å²) in [4.78, 5) is 10.8. The van der Waals surface area contributed by atoms with Gasteiger partial charge in [-0.1, -0.05) is 55.8 Å². The second-order valence-corrected chi connectivity index (χ2v) is 7.01. The highest BCUT2D eigenvalue weighted by atomic mass is 16.5. The van der Waals surface area contributed by atoms with E-state index in [-0.39, 0.29) is 5.41 Å². The lowest BCUT2D eigenvalue weighted by Gasteiger charge is -2.21. The highest BCUT2D eigenvalue weighted by Gasteiger charge is 2.21. The molecule has 0 bridgehead atoms. The molecule has 0 unspecified atom stereocenters. The minimum atomic E-state index is -0.144. The lowest BCUT2D eigenvalue weighted by Crippen LogP contribution is -2.38. The van der Waals surface area contributed by atoms with Crippen LogP contribution in [-0.4, -0.2) is 35.1 Å². The van der Waals surface area contributed by atoms with Gasteiger partial charge in [-0.15, -0.1) is 0 Å². The number of aliphatic imine (C=N–C) groups is 1. The smallest absolute Gasteiger partial charge is 0.232 e. The van der Waals surface area contributed by atoms with E-state index in [9.17, 15) is 0 Å². The van der Waals surface area contributed by atoms with E-state index >= 15 is 0 Å². The monoisotopic (exact) mass is 329 g/mol. The molecule has 0 aliphatic heterocycles. The molecule has 1 heterocycles. The maximum absolute atomic E-state index is 5.31. The number of guanidine groups is 1. The van der Waals surface area contributed by atoms with E-state index in [2.05, 4.69) is 56.5 Å². The van der Waals surface area contributed by atoms with E-state index < -0.39 is 0 Å². The van der Waals surface area contributed by atoms with Crippen LogP contribution in [0.2, 0.25) is 0 Å². The van der Waals surface area contributed by atoms with Gasteiger partial charge in [0.2, 0.25) is 5.89 Å². The maximum Gasteiger partial charge on any atom is 0.232 e. The number of benzene rings is 1. The molecular weight excluding hydrogens is 302 g/mol.